The minimum atomic E-state index is -0.570. The third-order valence-electron chi connectivity index (χ3n) is 1.91. The fourth-order valence-electron chi connectivity index (χ4n) is 1.35. The summed E-state index contributed by atoms with van der Waals surface area (Å²) < 4.78 is 10.7. The maximum Gasteiger partial charge on any atom is 0.310 e. The average Bonchev–Trinajstić information content (AvgIpc) is 2.11. The molecule has 0 aromatic heterocycles. The van der Waals surface area contributed by atoms with Crippen LogP contribution in [0.5, 0.6) is 0 Å². The van der Waals surface area contributed by atoms with Crippen LogP contribution in [0.15, 0.2) is 11.1 Å². The van der Waals surface area contributed by atoms with Crippen LogP contribution in [0.3, 0.4) is 0 Å². The molecule has 0 rings (SSSR count). The first-order valence-corrected chi connectivity index (χ1v) is 7.95. The van der Waals surface area contributed by atoms with Crippen LogP contribution in [0.2, 0.25) is 0 Å². The topological polar surface area (TPSA) is 52.6 Å². The summed E-state index contributed by atoms with van der Waals surface area (Å²) >= 11 is 5.19. The highest BCUT2D eigenvalue weighted by molar-refractivity contribution is 14.1. The van der Waals surface area contributed by atoms with E-state index in [1.807, 2.05) is 22.6 Å². The van der Waals surface area contributed by atoms with Gasteiger partial charge in [0.2, 0.25) is 0 Å². The van der Waals surface area contributed by atoms with E-state index >= 15 is 0 Å². The van der Waals surface area contributed by atoms with Gasteiger partial charge in [-0.05, 0) is 61.2 Å². The van der Waals surface area contributed by atoms with Crippen LogP contribution in [0.25, 0.3) is 0 Å². The van der Waals surface area contributed by atoms with Gasteiger partial charge < -0.3 is 9.47 Å². The first-order valence-electron chi connectivity index (χ1n) is 5.91. The molecule has 2 unspecified atom stereocenters. The third-order valence-corrected chi connectivity index (χ3v) is 2.49. The number of alkyl halides is 1. The van der Waals surface area contributed by atoms with Gasteiger partial charge in [-0.25, -0.2) is 0 Å². The minimum Gasteiger partial charge on any atom is -0.460 e. The summed E-state index contributed by atoms with van der Waals surface area (Å²) in [7, 11) is 0. The molecule has 0 spiro atoms. The molecule has 6 heteroatoms. The van der Waals surface area contributed by atoms with Gasteiger partial charge in [0.25, 0.3) is 0 Å². The SMILES string of the molecule is C=C(Br)CC(CC(=O)OC(C)(C)C)C(=O)OC(C)I. The zero-order valence-corrected chi connectivity index (χ0v) is 15.4. The minimum absolute atomic E-state index is 0.00984. The summed E-state index contributed by atoms with van der Waals surface area (Å²) in [4.78, 5) is 23.7. The number of ether oxygens (including phenoxy) is 2. The maximum atomic E-state index is 11.9. The lowest BCUT2D eigenvalue weighted by Gasteiger charge is -2.22. The van der Waals surface area contributed by atoms with Gasteiger partial charge >= 0.3 is 11.9 Å². The largest absolute Gasteiger partial charge is 0.460 e. The van der Waals surface area contributed by atoms with Gasteiger partial charge in [-0.15, -0.1) is 0 Å². The Morgan fingerprint density at radius 1 is 1.32 bits per heavy atom. The van der Waals surface area contributed by atoms with Gasteiger partial charge in [0.05, 0.1) is 12.3 Å². The van der Waals surface area contributed by atoms with E-state index in [0.717, 1.165) is 0 Å². The number of hydrogen-bond acceptors (Lipinski definition) is 4. The average molecular weight is 447 g/mol. The summed E-state index contributed by atoms with van der Waals surface area (Å²) in [6, 6.07) is 0. The van der Waals surface area contributed by atoms with E-state index in [1.54, 1.807) is 27.7 Å². The quantitative estimate of drug-likeness (QED) is 0.352. The number of hydrogen-bond donors (Lipinski definition) is 0. The van der Waals surface area contributed by atoms with E-state index in [-0.39, 0.29) is 10.5 Å². The van der Waals surface area contributed by atoms with Crippen molar-refractivity contribution in [2.24, 2.45) is 5.92 Å². The second kappa shape index (κ2) is 8.24. The second-order valence-corrected chi connectivity index (χ2v) is 8.06. The van der Waals surface area contributed by atoms with Crippen LogP contribution in [0.4, 0.5) is 0 Å². The van der Waals surface area contributed by atoms with Gasteiger partial charge in [-0.2, -0.15) is 0 Å². The van der Waals surface area contributed by atoms with Crippen LogP contribution in [-0.2, 0) is 19.1 Å². The lowest BCUT2D eigenvalue weighted by molar-refractivity contribution is -0.161. The molecule has 0 amide bonds. The Kier molecular flexibility index (Phi) is 8.19. The molecule has 0 saturated carbocycles. The Morgan fingerprint density at radius 3 is 2.21 bits per heavy atom. The van der Waals surface area contributed by atoms with E-state index in [9.17, 15) is 9.59 Å². The van der Waals surface area contributed by atoms with Crippen molar-refractivity contribution >= 4 is 50.5 Å². The summed E-state index contributed by atoms with van der Waals surface area (Å²) in [5.74, 6) is -1.39. The molecule has 0 aliphatic heterocycles. The molecule has 0 bridgehead atoms. The Hall–Kier alpha value is -0.110. The van der Waals surface area contributed by atoms with Crippen molar-refractivity contribution in [2.75, 3.05) is 0 Å². The van der Waals surface area contributed by atoms with E-state index in [0.29, 0.717) is 10.9 Å². The molecule has 0 heterocycles. The molecule has 0 N–H and O–H groups in total. The summed E-state index contributed by atoms with van der Waals surface area (Å²) in [6.07, 6.45) is 0.339. The lowest BCUT2D eigenvalue weighted by Crippen LogP contribution is -2.28. The van der Waals surface area contributed by atoms with E-state index < -0.39 is 23.5 Å². The number of carbonyl (C=O) groups excluding carboxylic acids is 2. The highest BCUT2D eigenvalue weighted by Gasteiger charge is 2.27. The van der Waals surface area contributed by atoms with Crippen molar-refractivity contribution in [3.63, 3.8) is 0 Å². The maximum absolute atomic E-state index is 11.9. The predicted octanol–water partition coefficient (Wildman–Crippen LogP) is 3.96. The molecule has 0 aliphatic carbocycles. The molecule has 0 aromatic rings. The fraction of sp³-hybridized carbons (Fsp3) is 0.692. The lowest BCUT2D eigenvalue weighted by atomic mass is 10.0. The van der Waals surface area contributed by atoms with E-state index in [4.69, 9.17) is 9.47 Å². The summed E-state index contributed by atoms with van der Waals surface area (Å²) in [5, 5.41) is 0. The van der Waals surface area contributed by atoms with E-state index in [2.05, 4.69) is 22.5 Å². The summed E-state index contributed by atoms with van der Waals surface area (Å²) in [5.41, 5.74) is -0.562. The molecule has 19 heavy (non-hydrogen) atoms. The number of esters is 2. The summed E-state index contributed by atoms with van der Waals surface area (Å²) in [6.45, 7) is 10.8. The van der Waals surface area contributed by atoms with Gasteiger partial charge in [0, 0.05) is 0 Å². The Balaban J connectivity index is 4.63. The normalized spacial score (nSPS) is 14.4. The fourth-order valence-corrected chi connectivity index (χ4v) is 1.99. The van der Waals surface area contributed by atoms with Crippen LogP contribution in [0, 0.1) is 5.92 Å². The molecule has 0 radical (unpaired) electrons. The molecule has 110 valence electrons. The van der Waals surface area contributed by atoms with Crippen molar-refractivity contribution in [1.29, 1.82) is 0 Å². The smallest absolute Gasteiger partial charge is 0.310 e. The number of carbonyl (C=O) groups is 2. The second-order valence-electron chi connectivity index (χ2n) is 5.19. The molecule has 4 nitrogen and oxygen atoms in total. The highest BCUT2D eigenvalue weighted by Crippen LogP contribution is 2.23. The van der Waals surface area contributed by atoms with Crippen molar-refractivity contribution in [1.82, 2.24) is 0 Å². The number of allylic oxidation sites excluding steroid dienone is 1. The number of halogens is 2. The standard InChI is InChI=1S/C13H20BrIO4/c1-8(14)6-10(12(17)18-9(2)15)7-11(16)19-13(3,4)5/h9-10H,1,6-7H2,2-5H3. The van der Waals surface area contributed by atoms with Crippen LogP contribution < -0.4 is 0 Å². The highest BCUT2D eigenvalue weighted by atomic mass is 127. The molecule has 0 saturated heterocycles. The molecule has 0 aromatic carbocycles. The predicted molar refractivity (Wildman–Crippen MR) is 86.2 cm³/mol. The first kappa shape index (κ1) is 18.9. The Bertz CT molecular complexity index is 347. The van der Waals surface area contributed by atoms with Gasteiger partial charge in [0.1, 0.15) is 9.71 Å². The van der Waals surface area contributed by atoms with E-state index in [1.165, 1.54) is 0 Å². The van der Waals surface area contributed by atoms with Crippen molar-refractivity contribution in [3.8, 4) is 0 Å². The first-order chi connectivity index (χ1) is 8.51. The van der Waals surface area contributed by atoms with Crippen molar-refractivity contribution in [2.45, 2.75) is 50.2 Å². The Morgan fingerprint density at radius 2 is 1.84 bits per heavy atom. The zero-order valence-electron chi connectivity index (χ0n) is 11.7. The van der Waals surface area contributed by atoms with Crippen molar-refractivity contribution in [3.05, 3.63) is 11.1 Å². The zero-order chi connectivity index (χ0) is 15.2. The van der Waals surface area contributed by atoms with Crippen LogP contribution in [-0.4, -0.2) is 21.7 Å². The molecular weight excluding hydrogens is 427 g/mol. The third kappa shape index (κ3) is 10.4. The monoisotopic (exact) mass is 446 g/mol. The van der Waals surface area contributed by atoms with Crippen LogP contribution >= 0.6 is 38.5 Å². The van der Waals surface area contributed by atoms with Gasteiger partial charge in [0.15, 0.2) is 0 Å². The van der Waals surface area contributed by atoms with Crippen molar-refractivity contribution < 1.29 is 19.1 Å². The Labute approximate surface area is 136 Å². The molecular formula is C13H20BrIO4. The molecule has 0 aliphatic rings. The van der Waals surface area contributed by atoms with Gasteiger partial charge in [-0.1, -0.05) is 22.5 Å². The number of rotatable bonds is 6. The van der Waals surface area contributed by atoms with Gasteiger partial charge in [-0.3, -0.25) is 9.59 Å². The molecule has 2 atom stereocenters. The van der Waals surface area contributed by atoms with Crippen LogP contribution in [0.1, 0.15) is 40.5 Å². The molecule has 0 fully saturated rings.